The van der Waals surface area contributed by atoms with Crippen LogP contribution in [0.4, 0.5) is 0 Å². The number of piperazine rings is 1. The van der Waals surface area contributed by atoms with Gasteiger partial charge in [-0.3, -0.25) is 9.80 Å². The summed E-state index contributed by atoms with van der Waals surface area (Å²) in [5, 5.41) is 5.38. The lowest BCUT2D eigenvalue weighted by atomic mass is 9.98. The van der Waals surface area contributed by atoms with Crippen molar-refractivity contribution in [3.05, 3.63) is 52.3 Å². The summed E-state index contributed by atoms with van der Waals surface area (Å²) in [5.74, 6) is 1.35. The quantitative estimate of drug-likeness (QED) is 0.621. The van der Waals surface area contributed by atoms with Gasteiger partial charge in [-0.2, -0.15) is 4.98 Å². The second kappa shape index (κ2) is 8.34. The molecule has 3 aromatic rings. The maximum Gasteiger partial charge on any atom is 0.244 e. The highest BCUT2D eigenvalue weighted by atomic mass is 32.1. The predicted octanol–water partition coefficient (Wildman–Crippen LogP) is 4.37. The van der Waals surface area contributed by atoms with Crippen molar-refractivity contribution in [3.8, 4) is 11.4 Å². The van der Waals surface area contributed by atoms with E-state index in [9.17, 15) is 0 Å². The van der Waals surface area contributed by atoms with E-state index in [2.05, 4.69) is 52.6 Å². The van der Waals surface area contributed by atoms with Gasteiger partial charge in [-0.15, -0.1) is 11.3 Å². The molecule has 1 aliphatic heterocycles. The van der Waals surface area contributed by atoms with Gasteiger partial charge in [0.15, 0.2) is 0 Å². The second-order valence-electron chi connectivity index (χ2n) is 8.69. The van der Waals surface area contributed by atoms with Crippen LogP contribution in [0.1, 0.15) is 49.5 Å². The molecule has 0 radical (unpaired) electrons. The van der Waals surface area contributed by atoms with E-state index in [4.69, 9.17) is 4.52 Å². The zero-order chi connectivity index (χ0) is 20.4. The lowest BCUT2D eigenvalue weighted by Crippen LogP contribution is -2.46. The molecule has 3 heterocycles. The SMILES string of the molecule is CC(c1nc(-c2ccccc2)no1)N1CCN(Cc2cnc(C(C)(C)C)s2)CC1. The van der Waals surface area contributed by atoms with Crippen LogP contribution >= 0.6 is 11.3 Å². The monoisotopic (exact) mass is 411 g/mol. The normalized spacial score (nSPS) is 17.5. The Kier molecular flexibility index (Phi) is 5.81. The summed E-state index contributed by atoms with van der Waals surface area (Å²) in [6.07, 6.45) is 2.05. The Balaban J connectivity index is 1.32. The van der Waals surface area contributed by atoms with Crippen molar-refractivity contribution in [1.29, 1.82) is 0 Å². The largest absolute Gasteiger partial charge is 0.337 e. The summed E-state index contributed by atoms with van der Waals surface area (Å²) in [4.78, 5) is 15.5. The molecule has 2 aromatic heterocycles. The molecule has 6 nitrogen and oxygen atoms in total. The van der Waals surface area contributed by atoms with Crippen LogP contribution in [0.25, 0.3) is 11.4 Å². The molecular formula is C22H29N5OS. The minimum Gasteiger partial charge on any atom is -0.337 e. The summed E-state index contributed by atoms with van der Waals surface area (Å²) < 4.78 is 5.57. The van der Waals surface area contributed by atoms with Crippen LogP contribution in [0.3, 0.4) is 0 Å². The molecule has 29 heavy (non-hydrogen) atoms. The van der Waals surface area contributed by atoms with Crippen LogP contribution < -0.4 is 0 Å². The van der Waals surface area contributed by atoms with Crippen LogP contribution in [0.2, 0.25) is 0 Å². The molecule has 0 amide bonds. The molecule has 1 aliphatic rings. The topological polar surface area (TPSA) is 58.3 Å². The Morgan fingerprint density at radius 3 is 2.48 bits per heavy atom. The van der Waals surface area contributed by atoms with Crippen molar-refractivity contribution < 1.29 is 4.52 Å². The first-order valence-electron chi connectivity index (χ1n) is 10.2. The van der Waals surface area contributed by atoms with E-state index in [0.717, 1.165) is 38.3 Å². The van der Waals surface area contributed by atoms with Crippen LogP contribution in [-0.4, -0.2) is 51.1 Å². The van der Waals surface area contributed by atoms with E-state index in [-0.39, 0.29) is 11.5 Å². The molecule has 1 fully saturated rings. The summed E-state index contributed by atoms with van der Waals surface area (Å²) in [7, 11) is 0. The average molecular weight is 412 g/mol. The molecule has 0 aliphatic carbocycles. The van der Waals surface area contributed by atoms with Gasteiger partial charge in [-0.05, 0) is 6.92 Å². The van der Waals surface area contributed by atoms with Crippen molar-refractivity contribution in [3.63, 3.8) is 0 Å². The van der Waals surface area contributed by atoms with E-state index in [1.807, 2.05) is 47.9 Å². The highest BCUT2D eigenvalue weighted by Gasteiger charge is 2.26. The van der Waals surface area contributed by atoms with E-state index in [1.165, 1.54) is 9.88 Å². The van der Waals surface area contributed by atoms with Crippen LogP contribution in [0.15, 0.2) is 41.1 Å². The highest BCUT2D eigenvalue weighted by molar-refractivity contribution is 7.11. The minimum atomic E-state index is 0.123. The van der Waals surface area contributed by atoms with Crippen molar-refractivity contribution in [2.75, 3.05) is 26.2 Å². The number of nitrogens with zero attached hydrogens (tertiary/aromatic N) is 5. The maximum atomic E-state index is 5.57. The maximum absolute atomic E-state index is 5.57. The Labute approximate surface area is 176 Å². The predicted molar refractivity (Wildman–Crippen MR) is 116 cm³/mol. The molecule has 0 N–H and O–H groups in total. The van der Waals surface area contributed by atoms with E-state index >= 15 is 0 Å². The van der Waals surface area contributed by atoms with Crippen LogP contribution in [0.5, 0.6) is 0 Å². The molecule has 154 valence electrons. The first-order valence-corrected chi connectivity index (χ1v) is 11.0. The Morgan fingerprint density at radius 2 is 1.83 bits per heavy atom. The number of thiazole rings is 1. The third kappa shape index (κ3) is 4.74. The van der Waals surface area contributed by atoms with E-state index in [0.29, 0.717) is 11.7 Å². The first kappa shape index (κ1) is 20.2. The smallest absolute Gasteiger partial charge is 0.244 e. The highest BCUT2D eigenvalue weighted by Crippen LogP contribution is 2.28. The Morgan fingerprint density at radius 1 is 1.10 bits per heavy atom. The van der Waals surface area contributed by atoms with Crippen molar-refractivity contribution in [2.45, 2.75) is 45.7 Å². The number of rotatable bonds is 5. The number of hydrogen-bond donors (Lipinski definition) is 0. The molecule has 1 aromatic carbocycles. The minimum absolute atomic E-state index is 0.123. The molecule has 0 saturated carbocycles. The molecule has 1 unspecified atom stereocenters. The van der Waals surface area contributed by atoms with Gasteiger partial charge in [0, 0.05) is 54.8 Å². The van der Waals surface area contributed by atoms with Gasteiger partial charge in [-0.1, -0.05) is 56.3 Å². The van der Waals surface area contributed by atoms with Crippen molar-refractivity contribution in [2.24, 2.45) is 0 Å². The van der Waals surface area contributed by atoms with Crippen LogP contribution in [0, 0.1) is 0 Å². The molecule has 1 atom stereocenters. The molecule has 1 saturated heterocycles. The number of benzene rings is 1. The zero-order valence-corrected chi connectivity index (χ0v) is 18.4. The lowest BCUT2D eigenvalue weighted by Gasteiger charge is -2.36. The molecule has 0 bridgehead atoms. The Hall–Kier alpha value is -2.09. The van der Waals surface area contributed by atoms with Gasteiger partial charge in [0.05, 0.1) is 11.0 Å². The third-order valence-electron chi connectivity index (χ3n) is 5.36. The summed E-state index contributed by atoms with van der Waals surface area (Å²) in [5.41, 5.74) is 1.11. The first-order chi connectivity index (χ1) is 13.9. The molecule has 4 rings (SSSR count). The third-order valence-corrected chi connectivity index (χ3v) is 6.77. The van der Waals surface area contributed by atoms with Gasteiger partial charge in [0.25, 0.3) is 0 Å². The summed E-state index contributed by atoms with van der Waals surface area (Å²) >= 11 is 1.84. The zero-order valence-electron chi connectivity index (χ0n) is 17.6. The lowest BCUT2D eigenvalue weighted by molar-refractivity contribution is 0.0850. The summed E-state index contributed by atoms with van der Waals surface area (Å²) in [6, 6.07) is 10.1. The van der Waals surface area contributed by atoms with E-state index in [1.54, 1.807) is 0 Å². The summed E-state index contributed by atoms with van der Waals surface area (Å²) in [6.45, 7) is 13.8. The molecule has 7 heteroatoms. The van der Waals surface area contributed by atoms with Gasteiger partial charge in [0.2, 0.25) is 11.7 Å². The average Bonchev–Trinajstić information content (AvgIpc) is 3.38. The van der Waals surface area contributed by atoms with Gasteiger partial charge in [0.1, 0.15) is 0 Å². The van der Waals surface area contributed by atoms with Gasteiger partial charge >= 0.3 is 0 Å². The standard InChI is InChI=1S/C22H29N5OS/c1-16(20-24-19(25-28-20)17-8-6-5-7-9-17)27-12-10-26(11-13-27)15-18-14-23-21(29-18)22(2,3)4/h5-9,14,16H,10-13,15H2,1-4H3. The fourth-order valence-electron chi connectivity index (χ4n) is 3.52. The van der Waals surface area contributed by atoms with Crippen molar-refractivity contribution in [1.82, 2.24) is 24.9 Å². The van der Waals surface area contributed by atoms with E-state index < -0.39 is 0 Å². The fourth-order valence-corrected chi connectivity index (χ4v) is 4.53. The van der Waals surface area contributed by atoms with Crippen LogP contribution in [-0.2, 0) is 12.0 Å². The fraction of sp³-hybridized carbons (Fsp3) is 0.500. The van der Waals surface area contributed by atoms with Gasteiger partial charge in [-0.25, -0.2) is 4.98 Å². The number of hydrogen-bond acceptors (Lipinski definition) is 7. The second-order valence-corrected chi connectivity index (χ2v) is 9.81. The molecular weight excluding hydrogens is 382 g/mol. The molecule has 0 spiro atoms. The van der Waals surface area contributed by atoms with Gasteiger partial charge < -0.3 is 4.52 Å². The van der Waals surface area contributed by atoms with Crippen molar-refractivity contribution >= 4 is 11.3 Å². The Bertz CT molecular complexity index is 922. The number of aromatic nitrogens is 3.